The summed E-state index contributed by atoms with van der Waals surface area (Å²) in [6.45, 7) is 6.52. The topological polar surface area (TPSA) is 41.9 Å². The molecular weight excluding hydrogens is 338 g/mol. The molecule has 2 aliphatic carbocycles. The molecule has 4 nitrogen and oxygen atoms in total. The first-order chi connectivity index (χ1) is 13.0. The van der Waals surface area contributed by atoms with Gasteiger partial charge in [0.25, 0.3) is 0 Å². The molecule has 3 unspecified atom stereocenters. The van der Waals surface area contributed by atoms with E-state index in [4.69, 9.17) is 9.47 Å². The number of methoxy groups -OCH3 is 1. The molecule has 0 radical (unpaired) electrons. The van der Waals surface area contributed by atoms with E-state index in [-0.39, 0.29) is 17.6 Å². The number of hydrogen-bond acceptors (Lipinski definition) is 4. The van der Waals surface area contributed by atoms with Crippen LogP contribution < -0.4 is 9.47 Å². The van der Waals surface area contributed by atoms with Crippen molar-refractivity contribution in [2.75, 3.05) is 20.2 Å². The zero-order valence-corrected chi connectivity index (χ0v) is 17.0. The van der Waals surface area contributed by atoms with Crippen molar-refractivity contribution in [1.82, 2.24) is 4.90 Å². The average molecular weight is 372 g/mol. The number of benzene rings is 1. The number of aliphatic hydroxyl groups is 1. The van der Waals surface area contributed by atoms with Gasteiger partial charge in [0.05, 0.1) is 18.1 Å². The first kappa shape index (κ1) is 17.8. The van der Waals surface area contributed by atoms with E-state index in [0.29, 0.717) is 0 Å². The van der Waals surface area contributed by atoms with E-state index in [1.165, 1.54) is 30.4 Å². The molecule has 27 heavy (non-hydrogen) atoms. The van der Waals surface area contributed by atoms with Crippen molar-refractivity contribution in [3.63, 3.8) is 0 Å². The van der Waals surface area contributed by atoms with Gasteiger partial charge in [-0.3, -0.25) is 4.90 Å². The van der Waals surface area contributed by atoms with Gasteiger partial charge >= 0.3 is 0 Å². The van der Waals surface area contributed by atoms with E-state index in [0.717, 1.165) is 56.2 Å². The molecule has 4 aliphatic rings. The lowest BCUT2D eigenvalue weighted by Gasteiger charge is -2.60. The zero-order valence-electron chi connectivity index (χ0n) is 17.0. The maximum absolute atomic E-state index is 12.1. The second kappa shape index (κ2) is 6.12. The monoisotopic (exact) mass is 371 g/mol. The van der Waals surface area contributed by atoms with Crippen molar-refractivity contribution in [2.24, 2.45) is 5.92 Å². The summed E-state index contributed by atoms with van der Waals surface area (Å²) in [5.41, 5.74) is 1.53. The molecule has 1 N–H and O–H groups in total. The van der Waals surface area contributed by atoms with Crippen molar-refractivity contribution in [1.29, 1.82) is 0 Å². The number of piperidine rings is 1. The van der Waals surface area contributed by atoms with Gasteiger partial charge < -0.3 is 14.6 Å². The van der Waals surface area contributed by atoms with Crippen LogP contribution in [0, 0.1) is 5.92 Å². The molecule has 1 spiro atoms. The smallest absolute Gasteiger partial charge is 0.165 e. The normalized spacial score (nSPS) is 37.5. The highest BCUT2D eigenvalue weighted by molar-refractivity contribution is 5.62. The fraction of sp³-hybridized carbons (Fsp3) is 0.739. The number of fused-ring (bicyclic) bond motifs is 1. The first-order valence-electron chi connectivity index (χ1n) is 10.9. The maximum Gasteiger partial charge on any atom is 0.165 e. The van der Waals surface area contributed by atoms with Crippen LogP contribution in [0.2, 0.25) is 0 Å². The second-order valence-electron chi connectivity index (χ2n) is 9.41. The standard InChI is InChI=1S/C23H33NO3/c1-4-6-19-23-11-12-24(14-15-7-5-8-15)18(22(23,2)25)13-16-9-10-17(26-3)21(27-19)20(16)23/h9-10,15,18-19,25H,4-8,11-14H2,1-3H3/t18?,19?,22?,23-/m1/s1. The number of ether oxygens (including phenoxy) is 2. The van der Waals surface area contributed by atoms with Crippen LogP contribution in [0.15, 0.2) is 12.1 Å². The van der Waals surface area contributed by atoms with E-state index in [1.807, 2.05) is 0 Å². The minimum atomic E-state index is -0.778. The van der Waals surface area contributed by atoms with Gasteiger partial charge in [-0.1, -0.05) is 25.8 Å². The van der Waals surface area contributed by atoms with Gasteiger partial charge in [0.2, 0.25) is 0 Å². The predicted molar refractivity (Wildman–Crippen MR) is 106 cm³/mol. The van der Waals surface area contributed by atoms with Crippen LogP contribution in [0.3, 0.4) is 0 Å². The second-order valence-corrected chi connectivity index (χ2v) is 9.41. The zero-order chi connectivity index (χ0) is 18.8. The Labute approximate surface area is 162 Å². The van der Waals surface area contributed by atoms with Crippen molar-refractivity contribution in [3.8, 4) is 11.5 Å². The third-order valence-corrected chi connectivity index (χ3v) is 8.15. The SMILES string of the molecule is CCCC1Oc2c(OC)ccc3c2[C@@]12CCN(CC1CCC1)C(C3)C2(C)O. The first-order valence-corrected chi connectivity index (χ1v) is 10.9. The lowest BCUT2D eigenvalue weighted by Crippen LogP contribution is -2.73. The number of nitrogens with zero attached hydrogens (tertiary/aromatic N) is 1. The molecule has 1 saturated heterocycles. The molecule has 1 aromatic rings. The third kappa shape index (κ3) is 2.23. The molecule has 148 valence electrons. The lowest BCUT2D eigenvalue weighted by molar-refractivity contribution is -0.158. The van der Waals surface area contributed by atoms with Crippen LogP contribution >= 0.6 is 0 Å². The summed E-state index contributed by atoms with van der Waals surface area (Å²) in [6.07, 6.45) is 8.05. The summed E-state index contributed by atoms with van der Waals surface area (Å²) in [7, 11) is 1.71. The van der Waals surface area contributed by atoms with Gasteiger partial charge in [-0.05, 0) is 63.1 Å². The Morgan fingerprint density at radius 1 is 1.33 bits per heavy atom. The predicted octanol–water partition coefficient (Wildman–Crippen LogP) is 3.68. The Hall–Kier alpha value is -1.26. The van der Waals surface area contributed by atoms with E-state index >= 15 is 0 Å². The lowest BCUT2D eigenvalue weighted by atomic mass is 9.53. The van der Waals surface area contributed by atoms with Crippen molar-refractivity contribution < 1.29 is 14.6 Å². The number of rotatable bonds is 5. The third-order valence-electron chi connectivity index (χ3n) is 8.15. The molecular formula is C23H33NO3. The highest BCUT2D eigenvalue weighted by atomic mass is 16.5. The van der Waals surface area contributed by atoms with Gasteiger partial charge in [0.15, 0.2) is 11.5 Å². The van der Waals surface area contributed by atoms with Gasteiger partial charge in [-0.15, -0.1) is 0 Å². The maximum atomic E-state index is 12.1. The Kier molecular flexibility index (Phi) is 4.04. The van der Waals surface area contributed by atoms with Crippen LogP contribution in [0.5, 0.6) is 11.5 Å². The van der Waals surface area contributed by atoms with Gasteiger partial charge in [0.1, 0.15) is 6.10 Å². The van der Waals surface area contributed by atoms with Gasteiger partial charge in [0, 0.05) is 18.2 Å². The van der Waals surface area contributed by atoms with E-state index in [2.05, 4.69) is 30.9 Å². The molecule has 0 amide bonds. The van der Waals surface area contributed by atoms with Gasteiger partial charge in [-0.25, -0.2) is 0 Å². The van der Waals surface area contributed by atoms with Crippen LogP contribution in [-0.4, -0.2) is 48.0 Å². The van der Waals surface area contributed by atoms with Crippen molar-refractivity contribution >= 4 is 0 Å². The molecule has 1 saturated carbocycles. The number of likely N-dealkylation sites (tertiary alicyclic amines) is 1. The highest BCUT2D eigenvalue weighted by Crippen LogP contribution is 2.62. The van der Waals surface area contributed by atoms with E-state index < -0.39 is 5.60 Å². The molecule has 2 aliphatic heterocycles. The molecule has 0 aromatic heterocycles. The summed E-state index contributed by atoms with van der Waals surface area (Å²) >= 11 is 0. The summed E-state index contributed by atoms with van der Waals surface area (Å²) in [5.74, 6) is 2.55. The van der Waals surface area contributed by atoms with E-state index in [9.17, 15) is 5.11 Å². The minimum Gasteiger partial charge on any atom is -0.493 e. The Morgan fingerprint density at radius 2 is 2.15 bits per heavy atom. The van der Waals surface area contributed by atoms with Crippen LogP contribution in [0.4, 0.5) is 0 Å². The van der Waals surface area contributed by atoms with E-state index in [1.54, 1.807) is 7.11 Å². The van der Waals surface area contributed by atoms with Gasteiger partial charge in [-0.2, -0.15) is 0 Å². The molecule has 4 atom stereocenters. The quantitative estimate of drug-likeness (QED) is 0.857. The molecule has 5 rings (SSSR count). The van der Waals surface area contributed by atoms with Crippen LogP contribution in [0.25, 0.3) is 0 Å². The molecule has 1 aromatic carbocycles. The van der Waals surface area contributed by atoms with Crippen molar-refractivity contribution in [2.45, 2.75) is 82.0 Å². The average Bonchev–Trinajstić information content (AvgIpc) is 2.92. The van der Waals surface area contributed by atoms with Crippen LogP contribution in [-0.2, 0) is 11.8 Å². The Bertz CT molecular complexity index is 741. The molecule has 4 heteroatoms. The van der Waals surface area contributed by atoms with Crippen molar-refractivity contribution in [3.05, 3.63) is 23.3 Å². The minimum absolute atomic E-state index is 0.0382. The fourth-order valence-corrected chi connectivity index (χ4v) is 6.52. The fourth-order valence-electron chi connectivity index (χ4n) is 6.52. The molecule has 2 fully saturated rings. The summed E-state index contributed by atoms with van der Waals surface area (Å²) in [5, 5.41) is 12.1. The summed E-state index contributed by atoms with van der Waals surface area (Å²) < 4.78 is 12.2. The van der Waals surface area contributed by atoms with Crippen LogP contribution in [0.1, 0.15) is 63.5 Å². The Balaban J connectivity index is 1.62. The molecule has 2 bridgehead atoms. The summed E-state index contributed by atoms with van der Waals surface area (Å²) in [6, 6.07) is 4.46. The number of hydrogen-bond donors (Lipinski definition) is 1. The Morgan fingerprint density at radius 3 is 2.81 bits per heavy atom. The highest BCUT2D eigenvalue weighted by Gasteiger charge is 2.67. The largest absolute Gasteiger partial charge is 0.493 e. The summed E-state index contributed by atoms with van der Waals surface area (Å²) in [4.78, 5) is 2.60. The molecule has 2 heterocycles.